The van der Waals surface area contributed by atoms with Crippen LogP contribution in [0, 0.1) is 10.5 Å². The Balaban J connectivity index is 2.09. The topological polar surface area (TPSA) is 66.9 Å². The van der Waals surface area contributed by atoms with Crippen LogP contribution in [0.15, 0.2) is 23.1 Å². The van der Waals surface area contributed by atoms with E-state index in [1.54, 1.807) is 25.1 Å². The van der Waals surface area contributed by atoms with E-state index in [4.69, 9.17) is 4.74 Å². The van der Waals surface area contributed by atoms with Crippen molar-refractivity contribution in [1.29, 1.82) is 0 Å². The first-order valence-electron chi connectivity index (χ1n) is 7.04. The Morgan fingerprint density at radius 2 is 1.91 bits per heavy atom. The average Bonchev–Trinajstić information content (AvgIpc) is 2.50. The lowest BCUT2D eigenvalue weighted by Gasteiger charge is -2.33. The lowest BCUT2D eigenvalue weighted by atomic mass is 10.2. The summed E-state index contributed by atoms with van der Waals surface area (Å²) in [4.78, 5) is 13.5. The molecule has 0 bridgehead atoms. The lowest BCUT2D eigenvalue weighted by molar-refractivity contribution is 0.0934. The SMILES string of the molecule is CCOC(=O)N1CCN(S(=O)(=O)c2ccc(I)c(C)c2)CC1. The minimum absolute atomic E-state index is 0.284. The van der Waals surface area contributed by atoms with Gasteiger partial charge in [-0.2, -0.15) is 4.31 Å². The second-order valence-electron chi connectivity index (χ2n) is 5.00. The molecule has 1 aliphatic heterocycles. The van der Waals surface area contributed by atoms with Crippen LogP contribution in [0.1, 0.15) is 12.5 Å². The fourth-order valence-electron chi connectivity index (χ4n) is 2.25. The maximum absolute atomic E-state index is 12.6. The molecule has 0 atom stereocenters. The molecule has 1 aliphatic rings. The van der Waals surface area contributed by atoms with Crippen molar-refractivity contribution in [3.8, 4) is 0 Å². The molecule has 0 radical (unpaired) electrons. The Morgan fingerprint density at radius 1 is 1.27 bits per heavy atom. The fraction of sp³-hybridized carbons (Fsp3) is 0.500. The number of sulfonamides is 1. The largest absolute Gasteiger partial charge is 0.450 e. The molecule has 1 fully saturated rings. The van der Waals surface area contributed by atoms with Crippen molar-refractivity contribution in [2.75, 3.05) is 32.8 Å². The van der Waals surface area contributed by atoms with Gasteiger partial charge in [-0.15, -0.1) is 0 Å². The van der Waals surface area contributed by atoms with Crippen molar-refractivity contribution in [3.05, 3.63) is 27.3 Å². The Morgan fingerprint density at radius 3 is 2.45 bits per heavy atom. The highest BCUT2D eigenvalue weighted by Gasteiger charge is 2.30. The highest BCUT2D eigenvalue weighted by molar-refractivity contribution is 14.1. The van der Waals surface area contributed by atoms with Crippen LogP contribution in [-0.4, -0.2) is 56.5 Å². The van der Waals surface area contributed by atoms with E-state index in [2.05, 4.69) is 22.6 Å². The summed E-state index contributed by atoms with van der Waals surface area (Å²) in [5.41, 5.74) is 0.937. The number of carbonyl (C=O) groups excluding carboxylic acids is 1. The molecule has 1 saturated heterocycles. The number of piperazine rings is 1. The Kier molecular flexibility index (Phi) is 5.67. The molecule has 0 saturated carbocycles. The van der Waals surface area contributed by atoms with E-state index < -0.39 is 10.0 Å². The Hall–Kier alpha value is -0.870. The van der Waals surface area contributed by atoms with Gasteiger partial charge in [-0.1, -0.05) is 0 Å². The van der Waals surface area contributed by atoms with Gasteiger partial charge in [-0.25, -0.2) is 13.2 Å². The number of carbonyl (C=O) groups is 1. The highest BCUT2D eigenvalue weighted by Crippen LogP contribution is 2.21. The number of nitrogens with zero attached hydrogens (tertiary/aromatic N) is 2. The van der Waals surface area contributed by atoms with Crippen molar-refractivity contribution in [2.24, 2.45) is 0 Å². The predicted octanol–water partition coefficient (Wildman–Crippen LogP) is 2.06. The fourth-order valence-corrected chi connectivity index (χ4v) is 4.10. The Bertz CT molecular complexity index is 655. The van der Waals surface area contributed by atoms with Gasteiger partial charge >= 0.3 is 6.09 Å². The number of amides is 1. The molecule has 1 aromatic rings. The third-order valence-corrected chi connectivity index (χ3v) is 6.64. The maximum atomic E-state index is 12.6. The summed E-state index contributed by atoms with van der Waals surface area (Å²) in [5.74, 6) is 0. The first-order chi connectivity index (χ1) is 10.4. The molecule has 122 valence electrons. The van der Waals surface area contributed by atoms with E-state index in [-0.39, 0.29) is 19.2 Å². The quantitative estimate of drug-likeness (QED) is 0.678. The number of ether oxygens (including phenoxy) is 1. The zero-order valence-corrected chi connectivity index (χ0v) is 15.6. The summed E-state index contributed by atoms with van der Waals surface area (Å²) < 4.78 is 32.7. The van der Waals surface area contributed by atoms with Crippen molar-refractivity contribution in [3.63, 3.8) is 0 Å². The van der Waals surface area contributed by atoms with Crippen LogP contribution < -0.4 is 0 Å². The van der Waals surface area contributed by atoms with Gasteiger partial charge in [0.25, 0.3) is 0 Å². The van der Waals surface area contributed by atoms with E-state index in [0.717, 1.165) is 9.13 Å². The summed E-state index contributed by atoms with van der Waals surface area (Å²) >= 11 is 2.17. The maximum Gasteiger partial charge on any atom is 0.409 e. The van der Waals surface area contributed by atoms with Crippen molar-refractivity contribution >= 4 is 38.7 Å². The summed E-state index contributed by atoms with van der Waals surface area (Å²) in [6, 6.07) is 5.12. The van der Waals surface area contributed by atoms with Crippen molar-refractivity contribution in [1.82, 2.24) is 9.21 Å². The van der Waals surface area contributed by atoms with Crippen LogP contribution in [-0.2, 0) is 14.8 Å². The zero-order chi connectivity index (χ0) is 16.3. The molecule has 2 rings (SSSR count). The van der Waals surface area contributed by atoms with E-state index in [1.165, 1.54) is 9.21 Å². The normalized spacial score (nSPS) is 16.6. The van der Waals surface area contributed by atoms with Gasteiger partial charge in [0, 0.05) is 29.7 Å². The summed E-state index contributed by atoms with van der Waals surface area (Å²) in [6.07, 6.45) is -0.385. The summed E-state index contributed by atoms with van der Waals surface area (Å²) in [5, 5.41) is 0. The zero-order valence-electron chi connectivity index (χ0n) is 12.6. The second kappa shape index (κ2) is 7.14. The van der Waals surface area contributed by atoms with Crippen LogP contribution in [0.4, 0.5) is 4.79 Å². The molecule has 0 N–H and O–H groups in total. The molecule has 22 heavy (non-hydrogen) atoms. The smallest absolute Gasteiger partial charge is 0.409 e. The minimum atomic E-state index is -3.51. The number of hydrogen-bond donors (Lipinski definition) is 0. The molecular formula is C14H19IN2O4S. The van der Waals surface area contributed by atoms with Crippen LogP contribution in [0.5, 0.6) is 0 Å². The van der Waals surface area contributed by atoms with Crippen LogP contribution in [0.25, 0.3) is 0 Å². The standard InChI is InChI=1S/C14H19IN2O4S/c1-3-21-14(18)16-6-8-17(9-7-16)22(19,20)12-4-5-13(15)11(2)10-12/h4-5,10H,3,6-9H2,1-2H3. The number of rotatable bonds is 3. The molecular weight excluding hydrogens is 419 g/mol. The summed E-state index contributed by atoms with van der Waals surface area (Å²) in [7, 11) is -3.51. The van der Waals surface area contributed by atoms with Gasteiger partial charge in [0.05, 0.1) is 11.5 Å². The number of hydrogen-bond acceptors (Lipinski definition) is 4. The van der Waals surface area contributed by atoms with E-state index in [1.807, 2.05) is 6.92 Å². The molecule has 1 amide bonds. The molecule has 1 heterocycles. The molecule has 6 nitrogen and oxygen atoms in total. The van der Waals surface area contributed by atoms with E-state index >= 15 is 0 Å². The van der Waals surface area contributed by atoms with Crippen molar-refractivity contribution in [2.45, 2.75) is 18.7 Å². The second-order valence-corrected chi connectivity index (χ2v) is 8.10. The highest BCUT2D eigenvalue weighted by atomic mass is 127. The molecule has 0 spiro atoms. The number of halogens is 1. The molecule has 0 unspecified atom stereocenters. The number of aryl methyl sites for hydroxylation is 1. The van der Waals surface area contributed by atoms with Crippen LogP contribution in [0.2, 0.25) is 0 Å². The molecule has 0 aliphatic carbocycles. The monoisotopic (exact) mass is 438 g/mol. The van der Waals surface area contributed by atoms with Crippen molar-refractivity contribution < 1.29 is 17.9 Å². The van der Waals surface area contributed by atoms with Gasteiger partial charge in [0.15, 0.2) is 0 Å². The van der Waals surface area contributed by atoms with E-state index in [9.17, 15) is 13.2 Å². The first-order valence-corrected chi connectivity index (χ1v) is 9.56. The van der Waals surface area contributed by atoms with Gasteiger partial charge in [0.2, 0.25) is 10.0 Å². The van der Waals surface area contributed by atoms with Gasteiger partial charge in [-0.3, -0.25) is 0 Å². The summed E-state index contributed by atoms with van der Waals surface area (Å²) in [6.45, 7) is 5.22. The van der Waals surface area contributed by atoms with E-state index in [0.29, 0.717) is 24.6 Å². The van der Waals surface area contributed by atoms with Crippen LogP contribution >= 0.6 is 22.6 Å². The molecule has 0 aromatic heterocycles. The molecule has 1 aromatic carbocycles. The van der Waals surface area contributed by atoms with Gasteiger partial charge in [-0.05, 0) is 60.2 Å². The minimum Gasteiger partial charge on any atom is -0.450 e. The Labute approximate surface area is 144 Å². The predicted molar refractivity (Wildman–Crippen MR) is 91.2 cm³/mol. The first kappa shape index (κ1) is 17.5. The third-order valence-electron chi connectivity index (χ3n) is 3.53. The molecule has 8 heteroatoms. The van der Waals surface area contributed by atoms with Crippen LogP contribution in [0.3, 0.4) is 0 Å². The lowest BCUT2D eigenvalue weighted by Crippen LogP contribution is -2.50. The van der Waals surface area contributed by atoms with Gasteiger partial charge < -0.3 is 9.64 Å². The average molecular weight is 438 g/mol. The number of benzene rings is 1. The third kappa shape index (κ3) is 3.72. The van der Waals surface area contributed by atoms with Gasteiger partial charge in [0.1, 0.15) is 0 Å².